The van der Waals surface area contributed by atoms with Gasteiger partial charge >= 0.3 is 17.9 Å². The second kappa shape index (κ2) is 8.00. The van der Waals surface area contributed by atoms with Gasteiger partial charge in [-0.05, 0) is 39.7 Å². The normalized spacial score (nSPS) is 35.5. The summed E-state index contributed by atoms with van der Waals surface area (Å²) in [5.74, 6) is -3.35. The van der Waals surface area contributed by atoms with Gasteiger partial charge in [0.15, 0.2) is 5.79 Å². The van der Waals surface area contributed by atoms with Crippen molar-refractivity contribution in [3.8, 4) is 0 Å². The number of ether oxygens (including phenoxy) is 4. The molecule has 0 amide bonds. The zero-order valence-electron chi connectivity index (χ0n) is 17.9. The van der Waals surface area contributed by atoms with E-state index in [9.17, 15) is 19.5 Å². The summed E-state index contributed by atoms with van der Waals surface area (Å²) in [5.41, 5.74) is 0.0157. The van der Waals surface area contributed by atoms with Gasteiger partial charge in [0, 0.05) is 30.4 Å². The molecule has 3 aliphatic heterocycles. The molecule has 3 rings (SSSR count). The number of fused-ring (bicyclic) bond motifs is 3. The number of carbonyl (C=O) groups excluding carboxylic acids is 3. The van der Waals surface area contributed by atoms with E-state index in [2.05, 4.69) is 0 Å². The molecule has 8 nitrogen and oxygen atoms in total. The van der Waals surface area contributed by atoms with Crippen molar-refractivity contribution in [1.82, 2.24) is 0 Å². The van der Waals surface area contributed by atoms with Gasteiger partial charge in [0.2, 0.25) is 0 Å². The maximum Gasteiger partial charge on any atom is 0.343 e. The van der Waals surface area contributed by atoms with E-state index in [1.54, 1.807) is 32.9 Å². The lowest BCUT2D eigenvalue weighted by atomic mass is 9.86. The van der Waals surface area contributed by atoms with E-state index in [1.165, 1.54) is 6.92 Å². The highest BCUT2D eigenvalue weighted by molar-refractivity contribution is 5.96. The van der Waals surface area contributed by atoms with Crippen LogP contribution in [0.5, 0.6) is 0 Å². The van der Waals surface area contributed by atoms with Crippen LogP contribution in [0.3, 0.4) is 0 Å². The minimum absolute atomic E-state index is 0.118. The smallest absolute Gasteiger partial charge is 0.343 e. The van der Waals surface area contributed by atoms with E-state index in [0.29, 0.717) is 24.0 Å². The first-order chi connectivity index (χ1) is 14.0. The van der Waals surface area contributed by atoms with Crippen LogP contribution in [-0.2, 0) is 33.3 Å². The molecule has 1 saturated heterocycles. The van der Waals surface area contributed by atoms with Crippen LogP contribution in [-0.4, -0.2) is 47.1 Å². The zero-order valence-corrected chi connectivity index (χ0v) is 17.9. The monoisotopic (exact) mass is 420 g/mol. The molecule has 3 heterocycles. The molecule has 1 N–H and O–H groups in total. The van der Waals surface area contributed by atoms with Crippen LogP contribution in [0.15, 0.2) is 34.6 Å². The molecule has 8 heteroatoms. The van der Waals surface area contributed by atoms with Crippen LogP contribution < -0.4 is 0 Å². The van der Waals surface area contributed by atoms with Gasteiger partial charge in [0.05, 0.1) is 11.2 Å². The first kappa shape index (κ1) is 22.2. The zero-order chi connectivity index (χ0) is 22.3. The third kappa shape index (κ3) is 4.20. The van der Waals surface area contributed by atoms with Crippen molar-refractivity contribution >= 4 is 17.9 Å². The highest BCUT2D eigenvalue weighted by atomic mass is 16.6. The molecular weight excluding hydrogens is 392 g/mol. The lowest BCUT2D eigenvalue weighted by molar-refractivity contribution is -0.238. The van der Waals surface area contributed by atoms with Crippen molar-refractivity contribution in [3.63, 3.8) is 0 Å². The molecular formula is C22H28O8. The molecule has 0 aromatic rings. The van der Waals surface area contributed by atoms with Gasteiger partial charge in [-0.25, -0.2) is 9.59 Å². The quantitative estimate of drug-likeness (QED) is 0.420. The number of hydrogen-bond donors (Lipinski definition) is 1. The van der Waals surface area contributed by atoms with Crippen LogP contribution in [0.1, 0.15) is 53.9 Å². The molecule has 0 spiro atoms. The average Bonchev–Trinajstić information content (AvgIpc) is 3.14. The lowest BCUT2D eigenvalue weighted by Gasteiger charge is -2.33. The van der Waals surface area contributed by atoms with Gasteiger partial charge in [-0.1, -0.05) is 13.0 Å². The Hall–Kier alpha value is -2.45. The summed E-state index contributed by atoms with van der Waals surface area (Å²) >= 11 is 0. The van der Waals surface area contributed by atoms with Crippen molar-refractivity contribution in [1.29, 1.82) is 0 Å². The standard InChI is InChI=1S/C22H28O8/c1-6-12(2)19(24)28-16-9-13(3)22(26)8-7-21(5,30-22)10-17-18(16)15(20(25)29-17)11-27-14(4)23/h6,10,13,16,26H,7-9,11H2,1-5H3/b12-6+,17-10-/t13-,16-,21-,22+/m0/s1. The van der Waals surface area contributed by atoms with Crippen LogP contribution in [0, 0.1) is 5.92 Å². The number of carbonyl (C=O) groups is 3. The van der Waals surface area contributed by atoms with Crippen LogP contribution in [0.25, 0.3) is 0 Å². The van der Waals surface area contributed by atoms with Crippen molar-refractivity contribution in [2.24, 2.45) is 5.92 Å². The Bertz CT molecular complexity index is 866. The average molecular weight is 420 g/mol. The van der Waals surface area contributed by atoms with E-state index >= 15 is 0 Å². The summed E-state index contributed by atoms with van der Waals surface area (Å²) in [6.07, 6.45) is 3.51. The summed E-state index contributed by atoms with van der Waals surface area (Å²) in [7, 11) is 0. The Morgan fingerprint density at radius 3 is 2.67 bits per heavy atom. The molecule has 0 saturated carbocycles. The molecule has 3 aliphatic rings. The Kier molecular flexibility index (Phi) is 5.93. The minimum atomic E-state index is -1.40. The Morgan fingerprint density at radius 2 is 2.03 bits per heavy atom. The summed E-state index contributed by atoms with van der Waals surface area (Å²) in [6.45, 7) is 7.90. The van der Waals surface area contributed by atoms with Crippen molar-refractivity contribution in [2.45, 2.75) is 71.4 Å². The van der Waals surface area contributed by atoms with Gasteiger partial charge in [-0.15, -0.1) is 0 Å². The number of rotatable bonds is 4. The van der Waals surface area contributed by atoms with E-state index in [0.717, 1.165) is 0 Å². The second-order valence-electron chi connectivity index (χ2n) is 8.33. The van der Waals surface area contributed by atoms with Gasteiger partial charge in [0.25, 0.3) is 0 Å². The lowest BCUT2D eigenvalue weighted by Crippen LogP contribution is -2.40. The maximum atomic E-state index is 12.6. The molecule has 0 aromatic heterocycles. The first-order valence-electron chi connectivity index (χ1n) is 10.1. The van der Waals surface area contributed by atoms with E-state index < -0.39 is 41.3 Å². The molecule has 0 radical (unpaired) electrons. The maximum absolute atomic E-state index is 12.6. The van der Waals surface area contributed by atoms with Crippen LogP contribution >= 0.6 is 0 Å². The molecule has 4 atom stereocenters. The van der Waals surface area contributed by atoms with Crippen molar-refractivity contribution in [3.05, 3.63) is 34.6 Å². The number of aliphatic hydroxyl groups is 1. The summed E-state index contributed by atoms with van der Waals surface area (Å²) in [6, 6.07) is 0. The first-order valence-corrected chi connectivity index (χ1v) is 10.1. The molecule has 0 aromatic carbocycles. The highest BCUT2D eigenvalue weighted by Crippen LogP contribution is 2.47. The predicted octanol–water partition coefficient (Wildman–Crippen LogP) is 2.46. The number of hydrogen-bond acceptors (Lipinski definition) is 8. The molecule has 0 unspecified atom stereocenters. The van der Waals surface area contributed by atoms with Gasteiger partial charge < -0.3 is 24.1 Å². The Balaban J connectivity index is 2.12. The summed E-state index contributed by atoms with van der Waals surface area (Å²) < 4.78 is 22.3. The fourth-order valence-electron chi connectivity index (χ4n) is 3.98. The summed E-state index contributed by atoms with van der Waals surface area (Å²) in [4.78, 5) is 36.5. The van der Waals surface area contributed by atoms with Crippen molar-refractivity contribution in [2.75, 3.05) is 6.61 Å². The van der Waals surface area contributed by atoms with E-state index in [1.807, 2.05) is 6.92 Å². The number of esters is 3. The molecule has 30 heavy (non-hydrogen) atoms. The Morgan fingerprint density at radius 1 is 1.33 bits per heavy atom. The minimum Gasteiger partial charge on any atom is -0.461 e. The number of allylic oxidation sites excluding steroid dienone is 1. The topological polar surface area (TPSA) is 108 Å². The molecule has 1 fully saturated rings. The fourth-order valence-corrected chi connectivity index (χ4v) is 3.98. The SMILES string of the molecule is C/C=C(\C)C(=O)O[C@H]1C[C@H](C)[C@@]2(O)CC[C@@](C)(/C=C3\OC(=O)C(COC(C)=O)=C31)O2. The van der Waals surface area contributed by atoms with Gasteiger partial charge in [-0.3, -0.25) is 4.79 Å². The van der Waals surface area contributed by atoms with Gasteiger partial charge in [0.1, 0.15) is 18.5 Å². The third-order valence-electron chi connectivity index (χ3n) is 5.95. The third-order valence-corrected chi connectivity index (χ3v) is 5.95. The van der Waals surface area contributed by atoms with E-state index in [-0.39, 0.29) is 24.4 Å². The molecule has 2 bridgehead atoms. The second-order valence-corrected chi connectivity index (χ2v) is 8.33. The van der Waals surface area contributed by atoms with Crippen LogP contribution in [0.2, 0.25) is 0 Å². The Labute approximate surface area is 175 Å². The highest BCUT2D eigenvalue weighted by Gasteiger charge is 2.52. The summed E-state index contributed by atoms with van der Waals surface area (Å²) in [5, 5.41) is 11.1. The van der Waals surface area contributed by atoms with Gasteiger partial charge in [-0.2, -0.15) is 0 Å². The molecule has 164 valence electrons. The predicted molar refractivity (Wildman–Crippen MR) is 105 cm³/mol. The fraction of sp³-hybridized carbons (Fsp3) is 0.591. The largest absolute Gasteiger partial charge is 0.461 e. The molecule has 0 aliphatic carbocycles. The van der Waals surface area contributed by atoms with Crippen molar-refractivity contribution < 1.29 is 38.4 Å². The van der Waals surface area contributed by atoms with E-state index in [4.69, 9.17) is 18.9 Å². The van der Waals surface area contributed by atoms with Crippen LogP contribution in [0.4, 0.5) is 0 Å².